The van der Waals surface area contributed by atoms with Crippen LogP contribution in [0.25, 0.3) is 0 Å². The molecule has 0 aliphatic carbocycles. The van der Waals surface area contributed by atoms with Crippen LogP contribution in [0.3, 0.4) is 0 Å². The molecule has 156 valence electrons. The van der Waals surface area contributed by atoms with Gasteiger partial charge in [0.2, 0.25) is 10.0 Å². The van der Waals surface area contributed by atoms with E-state index >= 15 is 0 Å². The third-order valence-electron chi connectivity index (χ3n) is 3.95. The Morgan fingerprint density at radius 1 is 1.17 bits per heavy atom. The number of aliphatic hydroxyl groups excluding tert-OH is 1. The number of ketones is 1. The quantitative estimate of drug-likeness (QED) is 0.411. The third-order valence-corrected chi connectivity index (χ3v) is 5.96. The molecule has 0 aliphatic heterocycles. The largest absolute Gasteiger partial charge is 0.496 e. The molecule has 0 saturated carbocycles. The summed E-state index contributed by atoms with van der Waals surface area (Å²) >= 11 is 3.21. The van der Waals surface area contributed by atoms with Gasteiger partial charge in [-0.05, 0) is 49.4 Å². The molecular weight excluding hydrogens is 466 g/mol. The Morgan fingerprint density at radius 3 is 2.38 bits per heavy atom. The lowest BCUT2D eigenvalue weighted by Gasteiger charge is -2.16. The summed E-state index contributed by atoms with van der Waals surface area (Å²) in [5.41, 5.74) is 0.840. The van der Waals surface area contributed by atoms with Crippen molar-refractivity contribution in [3.8, 4) is 5.75 Å². The number of methoxy groups -OCH3 is 1. The number of nitrogens with one attached hydrogen (secondary N) is 1. The maximum Gasteiger partial charge on any atom is 0.326 e. The summed E-state index contributed by atoms with van der Waals surface area (Å²) in [5.74, 6) is -0.738. The lowest BCUT2D eigenvalue weighted by molar-refractivity contribution is -0.148. The first kappa shape index (κ1) is 23.0. The van der Waals surface area contributed by atoms with E-state index in [1.807, 2.05) is 0 Å². The first-order valence-electron chi connectivity index (χ1n) is 8.41. The molecule has 0 radical (unpaired) electrons. The van der Waals surface area contributed by atoms with E-state index in [1.165, 1.54) is 44.4 Å². The predicted molar refractivity (Wildman–Crippen MR) is 108 cm³/mol. The van der Waals surface area contributed by atoms with Crippen molar-refractivity contribution < 1.29 is 32.6 Å². The third kappa shape index (κ3) is 6.10. The molecule has 8 nitrogen and oxygen atoms in total. The second-order valence-electron chi connectivity index (χ2n) is 6.00. The fourth-order valence-corrected chi connectivity index (χ4v) is 3.83. The minimum absolute atomic E-state index is 0.0669. The van der Waals surface area contributed by atoms with E-state index in [2.05, 4.69) is 20.7 Å². The van der Waals surface area contributed by atoms with Gasteiger partial charge in [0.25, 0.3) is 0 Å². The van der Waals surface area contributed by atoms with Gasteiger partial charge in [-0.1, -0.05) is 15.9 Å². The summed E-state index contributed by atoms with van der Waals surface area (Å²) in [4.78, 5) is 23.8. The van der Waals surface area contributed by atoms with Crippen molar-refractivity contribution >= 4 is 37.7 Å². The number of esters is 1. The zero-order chi connectivity index (χ0) is 21.6. The fourth-order valence-electron chi connectivity index (χ4n) is 2.39. The Bertz CT molecular complexity index is 990. The van der Waals surface area contributed by atoms with Crippen molar-refractivity contribution in [2.45, 2.75) is 24.5 Å². The van der Waals surface area contributed by atoms with Gasteiger partial charge in [0.05, 0.1) is 18.6 Å². The molecule has 0 aromatic heterocycles. The highest BCUT2D eigenvalue weighted by Crippen LogP contribution is 2.21. The van der Waals surface area contributed by atoms with Gasteiger partial charge in [-0.25, -0.2) is 8.42 Å². The van der Waals surface area contributed by atoms with Crippen molar-refractivity contribution in [3.05, 3.63) is 58.1 Å². The molecular formula is C19H20BrNO7S. The summed E-state index contributed by atoms with van der Waals surface area (Å²) in [6.07, 6.45) is 0. The number of Topliss-reactive ketones (excluding diaryl/α,β-unsaturated/α-hetero) is 1. The van der Waals surface area contributed by atoms with Crippen molar-refractivity contribution in [3.63, 3.8) is 0 Å². The second-order valence-corrected chi connectivity index (χ2v) is 8.63. The second kappa shape index (κ2) is 9.97. The summed E-state index contributed by atoms with van der Waals surface area (Å²) < 4.78 is 37.9. The van der Waals surface area contributed by atoms with Crippen LogP contribution in [0, 0.1) is 0 Å². The van der Waals surface area contributed by atoms with Crippen LogP contribution in [-0.2, 0) is 26.2 Å². The van der Waals surface area contributed by atoms with E-state index in [0.717, 1.165) is 0 Å². The molecule has 2 rings (SSSR count). The van der Waals surface area contributed by atoms with Crippen molar-refractivity contribution in [1.82, 2.24) is 4.72 Å². The zero-order valence-electron chi connectivity index (χ0n) is 15.7. The van der Waals surface area contributed by atoms with Crippen LogP contribution in [0.1, 0.15) is 22.8 Å². The molecule has 0 heterocycles. The number of carbonyl (C=O) groups excluding carboxylic acids is 2. The van der Waals surface area contributed by atoms with E-state index in [0.29, 0.717) is 21.3 Å². The first-order chi connectivity index (χ1) is 13.7. The van der Waals surface area contributed by atoms with Crippen LogP contribution in [0.15, 0.2) is 51.8 Å². The molecule has 1 atom stereocenters. The minimum Gasteiger partial charge on any atom is -0.496 e. The first-order valence-corrected chi connectivity index (χ1v) is 10.7. The maximum absolute atomic E-state index is 12.4. The SMILES string of the molecule is COc1ccc(C(C)=O)cc1COC(=O)[C@H](CO)NS(=O)(=O)c1ccc(Br)cc1. The van der Waals surface area contributed by atoms with Gasteiger partial charge in [0.15, 0.2) is 5.78 Å². The molecule has 0 unspecified atom stereocenters. The Balaban J connectivity index is 2.11. The monoisotopic (exact) mass is 485 g/mol. The number of carbonyl (C=O) groups is 2. The molecule has 2 aromatic carbocycles. The van der Waals surface area contributed by atoms with Crippen LogP contribution in [0.5, 0.6) is 5.75 Å². The number of benzene rings is 2. The molecule has 2 aromatic rings. The van der Waals surface area contributed by atoms with Gasteiger partial charge in [-0.3, -0.25) is 9.59 Å². The van der Waals surface area contributed by atoms with Crippen LogP contribution < -0.4 is 9.46 Å². The molecule has 0 saturated heterocycles. The highest BCUT2D eigenvalue weighted by atomic mass is 79.9. The van der Waals surface area contributed by atoms with E-state index in [4.69, 9.17) is 9.47 Å². The normalized spacial score (nSPS) is 12.3. The topological polar surface area (TPSA) is 119 Å². The molecule has 0 fully saturated rings. The average molecular weight is 486 g/mol. The molecule has 2 N–H and O–H groups in total. The van der Waals surface area contributed by atoms with Gasteiger partial charge in [0.1, 0.15) is 18.4 Å². The Kier molecular flexibility index (Phi) is 7.91. The van der Waals surface area contributed by atoms with E-state index in [1.54, 1.807) is 12.1 Å². The Hall–Kier alpha value is -2.27. The summed E-state index contributed by atoms with van der Waals surface area (Å²) in [5, 5.41) is 9.46. The summed E-state index contributed by atoms with van der Waals surface area (Å²) in [6.45, 7) is 0.342. The van der Waals surface area contributed by atoms with E-state index in [-0.39, 0.29) is 17.3 Å². The molecule has 0 bridgehead atoms. The van der Waals surface area contributed by atoms with Crippen molar-refractivity contribution in [2.75, 3.05) is 13.7 Å². The molecule has 0 aliphatic rings. The highest BCUT2D eigenvalue weighted by molar-refractivity contribution is 9.10. The van der Waals surface area contributed by atoms with Crippen LogP contribution >= 0.6 is 15.9 Å². The standard InChI is InChI=1S/C19H20BrNO7S/c1-12(23)13-3-8-18(27-2)14(9-13)11-28-19(24)17(10-22)21-29(25,26)16-6-4-15(20)5-7-16/h3-9,17,21-22H,10-11H2,1-2H3/t17-/m0/s1. The van der Waals surface area contributed by atoms with Gasteiger partial charge in [-0.2, -0.15) is 4.72 Å². The van der Waals surface area contributed by atoms with Crippen molar-refractivity contribution in [1.29, 1.82) is 0 Å². The van der Waals surface area contributed by atoms with Gasteiger partial charge in [0, 0.05) is 15.6 Å². The zero-order valence-corrected chi connectivity index (χ0v) is 18.1. The number of sulfonamides is 1. The predicted octanol–water partition coefficient (Wildman–Crippen LogP) is 2.04. The van der Waals surface area contributed by atoms with E-state index < -0.39 is 28.6 Å². The van der Waals surface area contributed by atoms with E-state index in [9.17, 15) is 23.1 Å². The number of hydrogen-bond donors (Lipinski definition) is 2. The summed E-state index contributed by atoms with van der Waals surface area (Å²) in [7, 11) is -2.62. The summed E-state index contributed by atoms with van der Waals surface area (Å²) in [6, 6.07) is 8.95. The average Bonchev–Trinajstić information content (AvgIpc) is 2.70. The Morgan fingerprint density at radius 2 is 1.83 bits per heavy atom. The van der Waals surface area contributed by atoms with Crippen LogP contribution in [0.2, 0.25) is 0 Å². The lowest BCUT2D eigenvalue weighted by Crippen LogP contribution is -2.44. The van der Waals surface area contributed by atoms with Crippen LogP contribution in [0.4, 0.5) is 0 Å². The molecule has 0 amide bonds. The smallest absolute Gasteiger partial charge is 0.326 e. The molecule has 0 spiro atoms. The molecule has 10 heteroatoms. The van der Waals surface area contributed by atoms with Gasteiger partial charge >= 0.3 is 5.97 Å². The van der Waals surface area contributed by atoms with Gasteiger partial charge in [-0.15, -0.1) is 0 Å². The Labute approximate surface area is 177 Å². The number of hydrogen-bond acceptors (Lipinski definition) is 7. The number of aliphatic hydroxyl groups is 1. The van der Waals surface area contributed by atoms with Crippen molar-refractivity contribution in [2.24, 2.45) is 0 Å². The fraction of sp³-hybridized carbons (Fsp3) is 0.263. The maximum atomic E-state index is 12.4. The number of rotatable bonds is 9. The number of ether oxygens (including phenoxy) is 2. The number of halogens is 1. The van der Waals surface area contributed by atoms with Gasteiger partial charge < -0.3 is 14.6 Å². The molecule has 29 heavy (non-hydrogen) atoms. The highest BCUT2D eigenvalue weighted by Gasteiger charge is 2.26. The minimum atomic E-state index is -4.05. The lowest BCUT2D eigenvalue weighted by atomic mass is 10.1. The van der Waals surface area contributed by atoms with Crippen LogP contribution in [-0.4, -0.2) is 45.0 Å².